The van der Waals surface area contributed by atoms with Gasteiger partial charge in [-0.1, -0.05) is 18.6 Å². The minimum absolute atomic E-state index is 0.0804. The van der Waals surface area contributed by atoms with Crippen LogP contribution >= 0.6 is 0 Å². The van der Waals surface area contributed by atoms with Crippen LogP contribution in [0.1, 0.15) is 43.2 Å². The van der Waals surface area contributed by atoms with E-state index in [0.29, 0.717) is 12.2 Å². The van der Waals surface area contributed by atoms with Crippen molar-refractivity contribution >= 4 is 0 Å². The van der Waals surface area contributed by atoms with Gasteiger partial charge >= 0.3 is 0 Å². The number of piperidine rings is 1. The average Bonchev–Trinajstić information content (AvgIpc) is 2.97. The number of ether oxygens (including phenoxy) is 1. The molecule has 0 amide bonds. The van der Waals surface area contributed by atoms with Crippen LogP contribution in [0.3, 0.4) is 0 Å². The van der Waals surface area contributed by atoms with Gasteiger partial charge in [-0.05, 0) is 38.1 Å². The SMILES string of the molecule is C[N+]1(CCN2CCCCC2)CC[C@@]23C=C[C@H](O)CC2Oc2c(O)ccc(c23)C1. The van der Waals surface area contributed by atoms with Crippen molar-refractivity contribution in [3.63, 3.8) is 0 Å². The third kappa shape index (κ3) is 2.95. The first-order valence-electron chi connectivity index (χ1n) is 10.9. The van der Waals surface area contributed by atoms with Crippen molar-refractivity contribution in [2.75, 3.05) is 39.8 Å². The highest BCUT2D eigenvalue weighted by molar-refractivity contribution is 5.60. The summed E-state index contributed by atoms with van der Waals surface area (Å²) in [5.41, 5.74) is 2.28. The van der Waals surface area contributed by atoms with E-state index in [1.165, 1.54) is 43.5 Å². The predicted octanol–water partition coefficient (Wildman–Crippen LogP) is 2.55. The Morgan fingerprint density at radius 1 is 1.25 bits per heavy atom. The molecule has 5 heteroatoms. The van der Waals surface area contributed by atoms with E-state index in [1.54, 1.807) is 6.07 Å². The minimum Gasteiger partial charge on any atom is -0.504 e. The molecule has 1 aromatic carbocycles. The fraction of sp³-hybridized carbons (Fsp3) is 0.652. The normalized spacial score (nSPS) is 37.1. The standard InChI is InChI=1S/C23H32N2O3/c1-25(14-12-24-10-3-2-4-11-24)13-9-23-8-7-18(26)15-20(23)28-22-19(27)6-5-17(16-25)21(22)23/h5-8,18,20,26H,2-4,9-16H2,1H3/p+1/t18-,20?,23-,25?/m0/s1. The largest absolute Gasteiger partial charge is 0.504 e. The highest BCUT2D eigenvalue weighted by Crippen LogP contribution is 2.56. The highest BCUT2D eigenvalue weighted by atomic mass is 16.5. The van der Waals surface area contributed by atoms with E-state index in [0.717, 1.165) is 37.1 Å². The van der Waals surface area contributed by atoms with Gasteiger partial charge in [0.05, 0.1) is 31.7 Å². The smallest absolute Gasteiger partial charge is 0.166 e. The Hall–Kier alpha value is -1.56. The van der Waals surface area contributed by atoms with Crippen LogP contribution in [-0.4, -0.2) is 71.6 Å². The van der Waals surface area contributed by atoms with Crippen LogP contribution in [0.25, 0.3) is 0 Å². The molecule has 0 radical (unpaired) electrons. The molecule has 28 heavy (non-hydrogen) atoms. The minimum atomic E-state index is -0.459. The van der Waals surface area contributed by atoms with E-state index in [4.69, 9.17) is 4.74 Å². The Morgan fingerprint density at radius 2 is 2.07 bits per heavy atom. The lowest BCUT2D eigenvalue weighted by molar-refractivity contribution is -0.922. The second kappa shape index (κ2) is 6.75. The maximum Gasteiger partial charge on any atom is 0.166 e. The molecule has 4 atom stereocenters. The molecule has 1 aromatic rings. The number of likely N-dealkylation sites (tertiary alicyclic amines) is 1. The second-order valence-corrected chi connectivity index (χ2v) is 9.63. The van der Waals surface area contributed by atoms with Crippen LogP contribution in [0.15, 0.2) is 24.3 Å². The van der Waals surface area contributed by atoms with Gasteiger partial charge in [-0.25, -0.2) is 0 Å². The van der Waals surface area contributed by atoms with E-state index < -0.39 is 6.10 Å². The van der Waals surface area contributed by atoms with Crippen molar-refractivity contribution in [1.29, 1.82) is 0 Å². The molecule has 5 nitrogen and oxygen atoms in total. The molecule has 0 aromatic heterocycles. The number of hydrogen-bond acceptors (Lipinski definition) is 4. The van der Waals surface area contributed by atoms with Gasteiger partial charge in [0.1, 0.15) is 12.6 Å². The summed E-state index contributed by atoms with van der Waals surface area (Å²) in [7, 11) is 2.39. The van der Waals surface area contributed by atoms with E-state index in [9.17, 15) is 10.2 Å². The van der Waals surface area contributed by atoms with Gasteiger partial charge in [-0.3, -0.25) is 4.90 Å². The summed E-state index contributed by atoms with van der Waals surface area (Å²) >= 11 is 0. The van der Waals surface area contributed by atoms with Crippen LogP contribution in [0, 0.1) is 0 Å². The zero-order valence-corrected chi connectivity index (χ0v) is 16.9. The van der Waals surface area contributed by atoms with Crippen LogP contribution in [0.5, 0.6) is 11.5 Å². The second-order valence-electron chi connectivity index (χ2n) is 9.63. The number of hydrogen-bond donors (Lipinski definition) is 2. The first-order valence-corrected chi connectivity index (χ1v) is 10.9. The number of aliphatic hydroxyl groups excluding tert-OH is 1. The van der Waals surface area contributed by atoms with E-state index in [-0.39, 0.29) is 17.3 Å². The lowest BCUT2D eigenvalue weighted by Gasteiger charge is -2.39. The van der Waals surface area contributed by atoms with Crippen molar-refractivity contribution < 1.29 is 19.4 Å². The quantitative estimate of drug-likeness (QED) is 0.620. The topological polar surface area (TPSA) is 52.9 Å². The Labute approximate surface area is 167 Å². The number of quaternary nitrogens is 1. The van der Waals surface area contributed by atoms with Gasteiger partial charge in [0.2, 0.25) is 0 Å². The molecule has 1 saturated heterocycles. The molecule has 1 aliphatic carbocycles. The van der Waals surface area contributed by atoms with Crippen molar-refractivity contribution in [3.05, 3.63) is 35.4 Å². The molecule has 1 fully saturated rings. The third-order valence-electron chi connectivity index (χ3n) is 7.62. The molecule has 2 N–H and O–H groups in total. The summed E-state index contributed by atoms with van der Waals surface area (Å²) in [5.74, 6) is 0.894. The molecule has 3 aliphatic heterocycles. The number of rotatable bonds is 3. The van der Waals surface area contributed by atoms with Crippen LogP contribution < -0.4 is 4.74 Å². The first-order chi connectivity index (χ1) is 13.5. The summed E-state index contributed by atoms with van der Waals surface area (Å²) in [4.78, 5) is 2.63. The third-order valence-corrected chi connectivity index (χ3v) is 7.62. The molecule has 4 aliphatic rings. The van der Waals surface area contributed by atoms with Crippen LogP contribution in [0.4, 0.5) is 0 Å². The fourth-order valence-electron chi connectivity index (χ4n) is 5.88. The average molecular weight is 386 g/mol. The molecule has 5 rings (SSSR count). The van der Waals surface area contributed by atoms with Crippen LogP contribution in [-0.2, 0) is 12.0 Å². The summed E-state index contributed by atoms with van der Waals surface area (Å²) < 4.78 is 7.26. The molecule has 1 spiro atoms. The monoisotopic (exact) mass is 385 g/mol. The number of aromatic hydroxyl groups is 1. The molecule has 152 valence electrons. The number of benzene rings is 1. The zero-order chi connectivity index (χ0) is 19.4. The van der Waals surface area contributed by atoms with E-state index in [1.807, 2.05) is 6.08 Å². The van der Waals surface area contributed by atoms with Gasteiger partial charge < -0.3 is 19.4 Å². The molecular weight excluding hydrogens is 352 g/mol. The van der Waals surface area contributed by atoms with Gasteiger partial charge in [-0.2, -0.15) is 0 Å². The molecular formula is C23H33N2O3+. The maximum atomic E-state index is 10.5. The van der Waals surface area contributed by atoms with Crippen molar-refractivity contribution in [2.45, 2.75) is 56.3 Å². The number of likely N-dealkylation sites (N-methyl/N-ethyl adjacent to an activating group) is 1. The summed E-state index contributed by atoms with van der Waals surface area (Å²) in [6, 6.07) is 3.89. The molecule has 0 bridgehead atoms. The number of phenolic OH excluding ortho intramolecular Hbond substituents is 1. The predicted molar refractivity (Wildman–Crippen MR) is 108 cm³/mol. The zero-order valence-electron chi connectivity index (χ0n) is 16.9. The Kier molecular flexibility index (Phi) is 4.45. The van der Waals surface area contributed by atoms with Gasteiger partial charge in [0, 0.05) is 30.5 Å². The van der Waals surface area contributed by atoms with Crippen LogP contribution in [0.2, 0.25) is 0 Å². The Bertz CT molecular complexity index is 788. The Balaban J connectivity index is 1.46. The van der Waals surface area contributed by atoms with E-state index in [2.05, 4.69) is 24.1 Å². The molecule has 3 heterocycles. The fourth-order valence-corrected chi connectivity index (χ4v) is 5.88. The number of aliphatic hydroxyl groups is 1. The lowest BCUT2D eigenvalue weighted by atomic mass is 9.69. The van der Waals surface area contributed by atoms with Crippen molar-refractivity contribution in [3.8, 4) is 11.5 Å². The van der Waals surface area contributed by atoms with Crippen molar-refractivity contribution in [2.24, 2.45) is 0 Å². The highest BCUT2D eigenvalue weighted by Gasteiger charge is 2.54. The molecule has 0 saturated carbocycles. The summed E-state index contributed by atoms with van der Waals surface area (Å²) in [6.07, 6.45) is 9.23. The first kappa shape index (κ1) is 18.5. The van der Waals surface area contributed by atoms with Gasteiger partial charge in [-0.15, -0.1) is 0 Å². The van der Waals surface area contributed by atoms with Gasteiger partial charge in [0.15, 0.2) is 11.5 Å². The molecule has 2 unspecified atom stereocenters. The Morgan fingerprint density at radius 3 is 2.89 bits per heavy atom. The maximum absolute atomic E-state index is 10.5. The van der Waals surface area contributed by atoms with E-state index >= 15 is 0 Å². The number of phenols is 1. The lowest BCUT2D eigenvalue weighted by Crippen LogP contribution is -2.50. The van der Waals surface area contributed by atoms with Crippen molar-refractivity contribution in [1.82, 2.24) is 4.90 Å². The number of nitrogens with zero attached hydrogens (tertiary/aromatic N) is 2. The summed E-state index contributed by atoms with van der Waals surface area (Å²) in [5, 5.41) is 20.6. The van der Waals surface area contributed by atoms with Gasteiger partial charge in [0.25, 0.3) is 0 Å². The summed E-state index contributed by atoms with van der Waals surface area (Å²) in [6.45, 7) is 6.87.